The van der Waals surface area contributed by atoms with Gasteiger partial charge in [0.1, 0.15) is 5.69 Å². The Balaban J connectivity index is 2.01. The highest BCUT2D eigenvalue weighted by Gasteiger charge is 2.25. The van der Waals surface area contributed by atoms with Gasteiger partial charge in [0, 0.05) is 38.7 Å². The van der Waals surface area contributed by atoms with Gasteiger partial charge in [-0.2, -0.15) is 0 Å². The van der Waals surface area contributed by atoms with Gasteiger partial charge in [-0.3, -0.25) is 14.9 Å². The lowest BCUT2D eigenvalue weighted by Crippen LogP contribution is -2.49. The van der Waals surface area contributed by atoms with Crippen molar-refractivity contribution in [3.05, 3.63) is 34.4 Å². The predicted octanol–water partition coefficient (Wildman–Crippen LogP) is 2.29. The van der Waals surface area contributed by atoms with E-state index in [1.165, 1.54) is 6.07 Å². The van der Waals surface area contributed by atoms with E-state index in [2.05, 4.69) is 0 Å². The number of anilines is 1. The first-order valence-electron chi connectivity index (χ1n) is 7.25. The second kappa shape index (κ2) is 6.56. The van der Waals surface area contributed by atoms with Crippen LogP contribution in [-0.4, -0.2) is 41.9 Å². The minimum atomic E-state index is -0.356. The summed E-state index contributed by atoms with van der Waals surface area (Å²) in [6.07, 6.45) is 0.561. The van der Waals surface area contributed by atoms with Gasteiger partial charge < -0.3 is 9.80 Å². The molecule has 1 heterocycles. The van der Waals surface area contributed by atoms with Crippen LogP contribution in [0.25, 0.3) is 0 Å². The molecule has 0 N–H and O–H groups in total. The summed E-state index contributed by atoms with van der Waals surface area (Å²) in [6.45, 7) is 6.57. The fourth-order valence-electron chi connectivity index (χ4n) is 2.56. The standard InChI is InChI=1S/C15H21N3O3/c1-12(2)11-15(19)17-9-7-16(8-10-17)13-5-3-4-6-14(13)18(20)21/h3-6,12H,7-11H2,1-2H3. The highest BCUT2D eigenvalue weighted by atomic mass is 16.6. The second-order valence-electron chi connectivity index (χ2n) is 5.71. The van der Waals surface area contributed by atoms with Gasteiger partial charge in [-0.25, -0.2) is 0 Å². The summed E-state index contributed by atoms with van der Waals surface area (Å²) in [5, 5.41) is 11.1. The highest BCUT2D eigenvalue weighted by molar-refractivity contribution is 5.77. The number of para-hydroxylation sites is 2. The van der Waals surface area contributed by atoms with Crippen molar-refractivity contribution in [3.63, 3.8) is 0 Å². The maximum atomic E-state index is 12.0. The largest absolute Gasteiger partial charge is 0.362 e. The number of hydrogen-bond donors (Lipinski definition) is 0. The average Bonchev–Trinajstić information content (AvgIpc) is 2.46. The van der Waals surface area contributed by atoms with Gasteiger partial charge in [0.25, 0.3) is 5.69 Å². The fraction of sp³-hybridized carbons (Fsp3) is 0.533. The van der Waals surface area contributed by atoms with Crippen molar-refractivity contribution in [1.29, 1.82) is 0 Å². The van der Waals surface area contributed by atoms with Crippen molar-refractivity contribution in [2.24, 2.45) is 5.92 Å². The van der Waals surface area contributed by atoms with Crippen LogP contribution < -0.4 is 4.90 Å². The van der Waals surface area contributed by atoms with E-state index in [1.54, 1.807) is 18.2 Å². The second-order valence-corrected chi connectivity index (χ2v) is 5.71. The maximum Gasteiger partial charge on any atom is 0.292 e. The van der Waals surface area contributed by atoms with Crippen molar-refractivity contribution in [2.45, 2.75) is 20.3 Å². The molecule has 1 aromatic carbocycles. The Kier molecular flexibility index (Phi) is 4.77. The Morgan fingerprint density at radius 1 is 1.24 bits per heavy atom. The summed E-state index contributed by atoms with van der Waals surface area (Å²) in [5.41, 5.74) is 0.762. The summed E-state index contributed by atoms with van der Waals surface area (Å²) in [5.74, 6) is 0.526. The Labute approximate surface area is 124 Å². The third-order valence-electron chi connectivity index (χ3n) is 3.63. The lowest BCUT2D eigenvalue weighted by molar-refractivity contribution is -0.384. The molecule has 0 radical (unpaired) electrons. The molecule has 21 heavy (non-hydrogen) atoms. The lowest BCUT2D eigenvalue weighted by Gasteiger charge is -2.36. The molecule has 1 aliphatic heterocycles. The molecule has 6 heteroatoms. The number of nitro groups is 1. The predicted molar refractivity (Wildman–Crippen MR) is 81.3 cm³/mol. The van der Waals surface area contributed by atoms with E-state index in [4.69, 9.17) is 0 Å². The smallest absolute Gasteiger partial charge is 0.292 e. The van der Waals surface area contributed by atoms with E-state index in [9.17, 15) is 14.9 Å². The van der Waals surface area contributed by atoms with Gasteiger partial charge in [-0.15, -0.1) is 0 Å². The Morgan fingerprint density at radius 3 is 2.43 bits per heavy atom. The van der Waals surface area contributed by atoms with Crippen LogP contribution in [0.5, 0.6) is 0 Å². The maximum absolute atomic E-state index is 12.0. The number of nitrogens with zero attached hydrogens (tertiary/aromatic N) is 3. The summed E-state index contributed by atoms with van der Waals surface area (Å²) >= 11 is 0. The van der Waals surface area contributed by atoms with Crippen LogP contribution >= 0.6 is 0 Å². The van der Waals surface area contributed by atoms with Gasteiger partial charge in [-0.1, -0.05) is 26.0 Å². The van der Waals surface area contributed by atoms with E-state index >= 15 is 0 Å². The molecule has 6 nitrogen and oxygen atoms in total. The first-order valence-corrected chi connectivity index (χ1v) is 7.25. The normalized spacial score (nSPS) is 15.4. The molecule has 1 aliphatic rings. The van der Waals surface area contributed by atoms with Crippen molar-refractivity contribution >= 4 is 17.3 Å². The molecule has 0 aliphatic carbocycles. The molecule has 1 aromatic rings. The molecular weight excluding hydrogens is 270 g/mol. The van der Waals surface area contributed by atoms with E-state index in [-0.39, 0.29) is 16.5 Å². The van der Waals surface area contributed by atoms with E-state index < -0.39 is 0 Å². The Hall–Kier alpha value is -2.11. The number of nitro benzene ring substituents is 1. The van der Waals surface area contributed by atoms with Gasteiger partial charge in [0.15, 0.2) is 0 Å². The zero-order valence-corrected chi connectivity index (χ0v) is 12.5. The number of rotatable bonds is 4. The number of hydrogen-bond acceptors (Lipinski definition) is 4. The average molecular weight is 291 g/mol. The topological polar surface area (TPSA) is 66.7 Å². The molecule has 0 spiro atoms. The summed E-state index contributed by atoms with van der Waals surface area (Å²) < 4.78 is 0. The molecule has 0 saturated carbocycles. The first kappa shape index (κ1) is 15.3. The molecule has 2 rings (SSSR count). The Bertz CT molecular complexity index is 523. The van der Waals surface area contributed by atoms with Crippen molar-refractivity contribution in [1.82, 2.24) is 4.90 Å². The van der Waals surface area contributed by atoms with Crippen LogP contribution in [0, 0.1) is 16.0 Å². The quantitative estimate of drug-likeness (QED) is 0.630. The van der Waals surface area contributed by atoms with E-state index in [1.807, 2.05) is 23.6 Å². The van der Waals surface area contributed by atoms with Crippen LogP contribution in [0.1, 0.15) is 20.3 Å². The third kappa shape index (κ3) is 3.71. The van der Waals surface area contributed by atoms with Crippen LogP contribution in [0.15, 0.2) is 24.3 Å². The molecule has 0 bridgehead atoms. The minimum Gasteiger partial charge on any atom is -0.362 e. The van der Waals surface area contributed by atoms with Crippen molar-refractivity contribution in [2.75, 3.05) is 31.1 Å². The van der Waals surface area contributed by atoms with Crippen LogP contribution in [-0.2, 0) is 4.79 Å². The molecule has 0 aromatic heterocycles. The molecular formula is C15H21N3O3. The van der Waals surface area contributed by atoms with E-state index in [0.717, 1.165) is 0 Å². The monoisotopic (exact) mass is 291 g/mol. The summed E-state index contributed by atoms with van der Waals surface area (Å²) in [4.78, 5) is 26.6. The minimum absolute atomic E-state index is 0.124. The van der Waals surface area contributed by atoms with Crippen LogP contribution in [0.3, 0.4) is 0 Å². The molecule has 1 saturated heterocycles. The number of carbonyl (C=O) groups excluding carboxylic acids is 1. The van der Waals surface area contributed by atoms with Gasteiger partial charge in [0.05, 0.1) is 4.92 Å². The van der Waals surface area contributed by atoms with Gasteiger partial charge >= 0.3 is 0 Å². The molecule has 0 unspecified atom stereocenters. The highest BCUT2D eigenvalue weighted by Crippen LogP contribution is 2.28. The number of benzene rings is 1. The summed E-state index contributed by atoms with van der Waals surface area (Å²) in [6, 6.07) is 6.76. The summed E-state index contributed by atoms with van der Waals surface area (Å²) in [7, 11) is 0. The number of piperazine rings is 1. The lowest BCUT2D eigenvalue weighted by atomic mass is 10.1. The third-order valence-corrected chi connectivity index (χ3v) is 3.63. The first-order chi connectivity index (χ1) is 9.99. The number of carbonyl (C=O) groups is 1. The fourth-order valence-corrected chi connectivity index (χ4v) is 2.56. The molecule has 1 amide bonds. The van der Waals surface area contributed by atoms with E-state index in [0.29, 0.717) is 44.2 Å². The van der Waals surface area contributed by atoms with Crippen LogP contribution in [0.2, 0.25) is 0 Å². The van der Waals surface area contributed by atoms with Crippen molar-refractivity contribution < 1.29 is 9.72 Å². The number of amides is 1. The van der Waals surface area contributed by atoms with Gasteiger partial charge in [0.2, 0.25) is 5.91 Å². The Morgan fingerprint density at radius 2 is 1.86 bits per heavy atom. The zero-order chi connectivity index (χ0) is 15.4. The van der Waals surface area contributed by atoms with Crippen LogP contribution in [0.4, 0.5) is 11.4 Å². The molecule has 0 atom stereocenters. The van der Waals surface area contributed by atoms with Crippen molar-refractivity contribution in [3.8, 4) is 0 Å². The van der Waals surface area contributed by atoms with Gasteiger partial charge in [-0.05, 0) is 12.0 Å². The SMILES string of the molecule is CC(C)CC(=O)N1CCN(c2ccccc2[N+](=O)[O-])CC1. The molecule has 1 fully saturated rings. The molecule has 114 valence electrons. The zero-order valence-electron chi connectivity index (χ0n) is 12.5.